The van der Waals surface area contributed by atoms with E-state index in [4.69, 9.17) is 15.7 Å². The van der Waals surface area contributed by atoms with Crippen molar-refractivity contribution >= 4 is 15.9 Å². The normalized spacial score (nSPS) is 11.7. The van der Waals surface area contributed by atoms with Crippen LogP contribution in [0.3, 0.4) is 0 Å². The zero-order valence-electron chi connectivity index (χ0n) is 11.0. The molecule has 1 aromatic heterocycles. The van der Waals surface area contributed by atoms with Crippen molar-refractivity contribution in [2.75, 3.05) is 0 Å². The van der Waals surface area contributed by atoms with E-state index >= 15 is 0 Å². The van der Waals surface area contributed by atoms with Gasteiger partial charge in [0.2, 0.25) is 0 Å². The van der Waals surface area contributed by atoms with Crippen LogP contribution in [0, 0.1) is 11.3 Å². The van der Waals surface area contributed by atoms with Crippen LogP contribution in [0.4, 0.5) is 0 Å². The van der Waals surface area contributed by atoms with Crippen LogP contribution in [0.1, 0.15) is 29.8 Å². The molecule has 2 rings (SSSR count). The van der Waals surface area contributed by atoms with Crippen molar-refractivity contribution in [3.63, 3.8) is 0 Å². The molecule has 0 amide bonds. The summed E-state index contributed by atoms with van der Waals surface area (Å²) in [5, 5.41) is 9.00. The molecule has 0 bridgehead atoms. The molecule has 0 unspecified atom stereocenters. The second kappa shape index (κ2) is 6.51. The van der Waals surface area contributed by atoms with Crippen LogP contribution in [-0.4, -0.2) is 4.98 Å². The fraction of sp³-hybridized carbons (Fsp3) is 0.200. The quantitative estimate of drug-likeness (QED) is 0.932. The lowest BCUT2D eigenvalue weighted by molar-refractivity contribution is 0.300. The van der Waals surface area contributed by atoms with Crippen molar-refractivity contribution in [2.24, 2.45) is 5.73 Å². The number of hydrogen-bond acceptors (Lipinski definition) is 4. The van der Waals surface area contributed by atoms with Crippen molar-refractivity contribution in [1.29, 1.82) is 5.26 Å². The number of halogens is 1. The SMILES string of the molecule is C[C@H](N)c1cc(Br)ccc1OCc1cccnc1C#N. The number of rotatable bonds is 4. The van der Waals surface area contributed by atoms with E-state index < -0.39 is 0 Å². The van der Waals surface area contributed by atoms with Gasteiger partial charge in [0.15, 0.2) is 0 Å². The minimum absolute atomic E-state index is 0.133. The maximum atomic E-state index is 9.00. The lowest BCUT2D eigenvalue weighted by Crippen LogP contribution is -2.08. The van der Waals surface area contributed by atoms with Crippen LogP contribution < -0.4 is 10.5 Å². The van der Waals surface area contributed by atoms with E-state index in [9.17, 15) is 0 Å². The zero-order valence-corrected chi connectivity index (χ0v) is 12.6. The predicted octanol–water partition coefficient (Wildman–Crippen LogP) is 3.31. The lowest BCUT2D eigenvalue weighted by atomic mass is 10.1. The predicted molar refractivity (Wildman–Crippen MR) is 80.0 cm³/mol. The van der Waals surface area contributed by atoms with Gasteiger partial charge in [-0.15, -0.1) is 0 Å². The summed E-state index contributed by atoms with van der Waals surface area (Å²) in [6.45, 7) is 2.19. The van der Waals surface area contributed by atoms with Gasteiger partial charge in [0.1, 0.15) is 24.1 Å². The largest absolute Gasteiger partial charge is 0.488 e. The van der Waals surface area contributed by atoms with E-state index in [2.05, 4.69) is 27.0 Å². The van der Waals surface area contributed by atoms with E-state index in [1.165, 1.54) is 0 Å². The number of nitriles is 1. The van der Waals surface area contributed by atoms with E-state index in [-0.39, 0.29) is 12.6 Å². The summed E-state index contributed by atoms with van der Waals surface area (Å²) in [6.07, 6.45) is 1.59. The highest BCUT2D eigenvalue weighted by molar-refractivity contribution is 9.10. The van der Waals surface area contributed by atoms with Gasteiger partial charge >= 0.3 is 0 Å². The topological polar surface area (TPSA) is 71.9 Å². The summed E-state index contributed by atoms with van der Waals surface area (Å²) < 4.78 is 6.74. The third-order valence-electron chi connectivity index (χ3n) is 2.84. The molecule has 2 aromatic rings. The van der Waals surface area contributed by atoms with Gasteiger partial charge in [-0.1, -0.05) is 22.0 Å². The summed E-state index contributed by atoms with van der Waals surface area (Å²) in [7, 11) is 0. The molecular formula is C15H14BrN3O. The molecule has 0 saturated heterocycles. The molecule has 0 aliphatic rings. The molecule has 4 nitrogen and oxygen atoms in total. The smallest absolute Gasteiger partial charge is 0.147 e. The number of ether oxygens (including phenoxy) is 1. The monoisotopic (exact) mass is 331 g/mol. The van der Waals surface area contributed by atoms with Crippen LogP contribution in [0.25, 0.3) is 0 Å². The number of aromatic nitrogens is 1. The number of pyridine rings is 1. The maximum absolute atomic E-state index is 9.00. The summed E-state index contributed by atoms with van der Waals surface area (Å²) in [5.74, 6) is 0.718. The molecule has 20 heavy (non-hydrogen) atoms. The van der Waals surface area contributed by atoms with Gasteiger partial charge in [0, 0.05) is 27.8 Å². The molecule has 0 aliphatic carbocycles. The van der Waals surface area contributed by atoms with Crippen molar-refractivity contribution in [2.45, 2.75) is 19.6 Å². The maximum Gasteiger partial charge on any atom is 0.147 e. The molecule has 0 spiro atoms. The number of nitrogens with two attached hydrogens (primary N) is 1. The third-order valence-corrected chi connectivity index (χ3v) is 3.34. The Hall–Kier alpha value is -1.90. The molecule has 1 heterocycles. The first-order valence-corrected chi connectivity index (χ1v) is 6.93. The Morgan fingerprint density at radius 3 is 2.95 bits per heavy atom. The Bertz CT molecular complexity index is 650. The van der Waals surface area contributed by atoms with Gasteiger partial charge in [-0.2, -0.15) is 5.26 Å². The van der Waals surface area contributed by atoms with Gasteiger partial charge in [-0.05, 0) is 31.2 Å². The van der Waals surface area contributed by atoms with E-state index in [0.717, 1.165) is 21.3 Å². The Balaban J connectivity index is 2.21. The second-order valence-corrected chi connectivity index (χ2v) is 5.30. The van der Waals surface area contributed by atoms with Crippen molar-refractivity contribution in [1.82, 2.24) is 4.98 Å². The van der Waals surface area contributed by atoms with E-state index in [0.29, 0.717) is 5.69 Å². The van der Waals surface area contributed by atoms with Crippen molar-refractivity contribution in [3.8, 4) is 11.8 Å². The van der Waals surface area contributed by atoms with Crippen LogP contribution in [-0.2, 0) is 6.61 Å². The number of nitrogens with zero attached hydrogens (tertiary/aromatic N) is 2. The third kappa shape index (κ3) is 3.35. The molecule has 0 fully saturated rings. The average Bonchev–Trinajstić information content (AvgIpc) is 2.46. The number of hydrogen-bond donors (Lipinski definition) is 1. The first kappa shape index (κ1) is 14.5. The first-order chi connectivity index (χ1) is 9.61. The highest BCUT2D eigenvalue weighted by atomic mass is 79.9. The lowest BCUT2D eigenvalue weighted by Gasteiger charge is -2.14. The average molecular weight is 332 g/mol. The van der Waals surface area contributed by atoms with Crippen LogP contribution in [0.5, 0.6) is 5.75 Å². The van der Waals surface area contributed by atoms with Gasteiger partial charge in [0.05, 0.1) is 0 Å². The van der Waals surface area contributed by atoms with Gasteiger partial charge in [-0.25, -0.2) is 4.98 Å². The summed E-state index contributed by atoms with van der Waals surface area (Å²) in [6, 6.07) is 11.2. The molecule has 102 valence electrons. The van der Waals surface area contributed by atoms with E-state index in [1.807, 2.05) is 31.2 Å². The molecule has 0 radical (unpaired) electrons. The Kier molecular flexibility index (Phi) is 4.72. The van der Waals surface area contributed by atoms with Gasteiger partial charge in [0.25, 0.3) is 0 Å². The van der Waals surface area contributed by atoms with Gasteiger partial charge < -0.3 is 10.5 Å². The van der Waals surface area contributed by atoms with Crippen LogP contribution in [0.15, 0.2) is 41.0 Å². The molecular weight excluding hydrogens is 318 g/mol. The Labute approximate surface area is 126 Å². The summed E-state index contributed by atoms with van der Waals surface area (Å²) >= 11 is 3.42. The Morgan fingerprint density at radius 1 is 1.45 bits per heavy atom. The minimum atomic E-state index is -0.133. The molecule has 5 heteroatoms. The highest BCUT2D eigenvalue weighted by Gasteiger charge is 2.10. The standard InChI is InChI=1S/C15H14BrN3O/c1-10(18)13-7-12(16)4-5-15(13)20-9-11-3-2-6-19-14(11)8-17/h2-7,10H,9,18H2,1H3/t10-/m0/s1. The fourth-order valence-electron chi connectivity index (χ4n) is 1.82. The molecule has 0 saturated carbocycles. The van der Waals surface area contributed by atoms with E-state index in [1.54, 1.807) is 12.3 Å². The number of benzene rings is 1. The molecule has 1 atom stereocenters. The first-order valence-electron chi connectivity index (χ1n) is 6.13. The fourth-order valence-corrected chi connectivity index (χ4v) is 2.20. The highest BCUT2D eigenvalue weighted by Crippen LogP contribution is 2.28. The Morgan fingerprint density at radius 2 is 2.25 bits per heavy atom. The second-order valence-electron chi connectivity index (χ2n) is 4.38. The summed E-state index contributed by atoms with van der Waals surface area (Å²) in [5.41, 5.74) is 8.00. The molecule has 0 aliphatic heterocycles. The zero-order chi connectivity index (χ0) is 14.5. The molecule has 2 N–H and O–H groups in total. The van der Waals surface area contributed by atoms with Crippen LogP contribution in [0.2, 0.25) is 0 Å². The summed E-state index contributed by atoms with van der Waals surface area (Å²) in [4.78, 5) is 4.01. The van der Waals surface area contributed by atoms with Crippen molar-refractivity contribution in [3.05, 3.63) is 57.8 Å². The van der Waals surface area contributed by atoms with Crippen molar-refractivity contribution < 1.29 is 4.74 Å². The molecule has 1 aromatic carbocycles. The van der Waals surface area contributed by atoms with Gasteiger partial charge in [-0.3, -0.25) is 0 Å². The minimum Gasteiger partial charge on any atom is -0.488 e. The van der Waals surface area contributed by atoms with Crippen LogP contribution >= 0.6 is 15.9 Å².